The summed E-state index contributed by atoms with van der Waals surface area (Å²) in [5, 5.41) is 7.14. The monoisotopic (exact) mass is 327 g/mol. The highest BCUT2D eigenvalue weighted by atomic mass is 16.6. The molecule has 1 saturated heterocycles. The molecule has 0 aromatic rings. The van der Waals surface area contributed by atoms with Crippen molar-refractivity contribution < 1.29 is 9.53 Å². The third-order valence-corrected chi connectivity index (χ3v) is 4.07. The van der Waals surface area contributed by atoms with Crippen molar-refractivity contribution in [1.29, 1.82) is 0 Å². The topological polar surface area (TPSA) is 53.6 Å². The van der Waals surface area contributed by atoms with Gasteiger partial charge in [0.15, 0.2) is 0 Å². The Kier molecular flexibility index (Phi) is 8.92. The molecule has 5 heteroatoms. The SMILES string of the molecule is CCCN(CCNC(C)CC1CCCCN1)C(=O)OC(C)(C)C. The molecule has 1 rings (SSSR count). The lowest BCUT2D eigenvalue weighted by Crippen LogP contribution is -2.44. The molecule has 0 aromatic carbocycles. The smallest absolute Gasteiger partial charge is 0.410 e. The standard InChI is InChI=1S/C18H37N3O2/c1-6-12-21(17(22)23-18(3,4)5)13-11-19-15(2)14-16-9-7-8-10-20-16/h15-16,19-20H,6-14H2,1-5H3. The molecule has 2 atom stereocenters. The second kappa shape index (κ2) is 10.1. The first-order valence-electron chi connectivity index (χ1n) is 9.26. The van der Waals surface area contributed by atoms with E-state index < -0.39 is 5.60 Å². The van der Waals surface area contributed by atoms with Gasteiger partial charge >= 0.3 is 6.09 Å². The Bertz CT molecular complexity index is 336. The maximum Gasteiger partial charge on any atom is 0.410 e. The minimum absolute atomic E-state index is 0.206. The van der Waals surface area contributed by atoms with Crippen molar-refractivity contribution in [3.8, 4) is 0 Å². The van der Waals surface area contributed by atoms with E-state index in [2.05, 4.69) is 24.5 Å². The van der Waals surface area contributed by atoms with Crippen LogP contribution < -0.4 is 10.6 Å². The highest BCUT2D eigenvalue weighted by molar-refractivity contribution is 5.68. The Balaban J connectivity index is 2.29. The molecule has 0 aliphatic carbocycles. The van der Waals surface area contributed by atoms with E-state index in [4.69, 9.17) is 4.74 Å². The summed E-state index contributed by atoms with van der Waals surface area (Å²) < 4.78 is 5.48. The van der Waals surface area contributed by atoms with Crippen LogP contribution in [0.1, 0.15) is 66.7 Å². The first-order valence-corrected chi connectivity index (χ1v) is 9.26. The molecule has 1 aliphatic heterocycles. The van der Waals surface area contributed by atoms with Crippen LogP contribution in [0.5, 0.6) is 0 Å². The molecule has 1 fully saturated rings. The van der Waals surface area contributed by atoms with Crippen molar-refractivity contribution in [2.45, 2.75) is 84.4 Å². The van der Waals surface area contributed by atoms with Crippen LogP contribution in [0.3, 0.4) is 0 Å². The van der Waals surface area contributed by atoms with Gasteiger partial charge in [0.2, 0.25) is 0 Å². The van der Waals surface area contributed by atoms with E-state index in [9.17, 15) is 4.79 Å². The van der Waals surface area contributed by atoms with Crippen LogP contribution in [0, 0.1) is 0 Å². The third-order valence-electron chi connectivity index (χ3n) is 4.07. The van der Waals surface area contributed by atoms with E-state index >= 15 is 0 Å². The minimum Gasteiger partial charge on any atom is -0.444 e. The van der Waals surface area contributed by atoms with E-state index in [0.717, 1.165) is 32.5 Å². The summed E-state index contributed by atoms with van der Waals surface area (Å²) in [6.07, 6.45) is 5.82. The molecule has 2 N–H and O–H groups in total. The molecule has 136 valence electrons. The normalized spacial score (nSPS) is 20.1. The fraction of sp³-hybridized carbons (Fsp3) is 0.944. The Hall–Kier alpha value is -0.810. The van der Waals surface area contributed by atoms with Crippen LogP contribution in [0.4, 0.5) is 4.79 Å². The van der Waals surface area contributed by atoms with Gasteiger partial charge in [-0.05, 0) is 59.9 Å². The van der Waals surface area contributed by atoms with Gasteiger partial charge in [-0.25, -0.2) is 4.79 Å². The fourth-order valence-corrected chi connectivity index (χ4v) is 2.97. The largest absolute Gasteiger partial charge is 0.444 e. The van der Waals surface area contributed by atoms with Gasteiger partial charge in [0.1, 0.15) is 5.60 Å². The van der Waals surface area contributed by atoms with Gasteiger partial charge in [0.25, 0.3) is 0 Å². The van der Waals surface area contributed by atoms with Crippen molar-refractivity contribution in [2.24, 2.45) is 0 Å². The van der Waals surface area contributed by atoms with Crippen molar-refractivity contribution in [3.63, 3.8) is 0 Å². The van der Waals surface area contributed by atoms with E-state index in [0.29, 0.717) is 18.6 Å². The summed E-state index contributed by atoms with van der Waals surface area (Å²) in [5.41, 5.74) is -0.434. The van der Waals surface area contributed by atoms with Crippen molar-refractivity contribution in [2.75, 3.05) is 26.2 Å². The lowest BCUT2D eigenvalue weighted by molar-refractivity contribution is 0.0250. The number of hydrogen-bond donors (Lipinski definition) is 2. The first kappa shape index (κ1) is 20.2. The Labute approximate surface area is 142 Å². The number of nitrogens with one attached hydrogen (secondary N) is 2. The molecular weight excluding hydrogens is 290 g/mol. The van der Waals surface area contributed by atoms with Crippen LogP contribution >= 0.6 is 0 Å². The molecule has 2 unspecified atom stereocenters. The van der Waals surface area contributed by atoms with Gasteiger partial charge in [-0.3, -0.25) is 0 Å². The summed E-state index contributed by atoms with van der Waals surface area (Å²) in [6, 6.07) is 1.11. The zero-order chi connectivity index (χ0) is 17.3. The fourth-order valence-electron chi connectivity index (χ4n) is 2.97. The van der Waals surface area contributed by atoms with Crippen molar-refractivity contribution >= 4 is 6.09 Å². The number of rotatable bonds is 8. The molecule has 0 spiro atoms. The molecule has 5 nitrogen and oxygen atoms in total. The van der Waals surface area contributed by atoms with E-state index in [-0.39, 0.29) is 6.09 Å². The van der Waals surface area contributed by atoms with Gasteiger partial charge in [-0.1, -0.05) is 13.3 Å². The number of piperidine rings is 1. The zero-order valence-electron chi connectivity index (χ0n) is 15.8. The summed E-state index contributed by atoms with van der Waals surface area (Å²) >= 11 is 0. The molecule has 0 saturated carbocycles. The number of ether oxygens (including phenoxy) is 1. The predicted molar refractivity (Wildman–Crippen MR) is 95.8 cm³/mol. The second-order valence-electron chi connectivity index (χ2n) is 7.71. The molecule has 1 aliphatic rings. The molecule has 0 bridgehead atoms. The quantitative estimate of drug-likeness (QED) is 0.719. The highest BCUT2D eigenvalue weighted by Crippen LogP contribution is 2.12. The van der Waals surface area contributed by atoms with Crippen LogP contribution in [0.25, 0.3) is 0 Å². The summed E-state index contributed by atoms with van der Waals surface area (Å²) in [6.45, 7) is 13.5. The molecule has 23 heavy (non-hydrogen) atoms. The lowest BCUT2D eigenvalue weighted by atomic mass is 9.99. The van der Waals surface area contributed by atoms with Gasteiger partial charge in [-0.15, -0.1) is 0 Å². The minimum atomic E-state index is -0.434. The first-order chi connectivity index (χ1) is 10.8. The van der Waals surface area contributed by atoms with Crippen LogP contribution in [0.2, 0.25) is 0 Å². The highest BCUT2D eigenvalue weighted by Gasteiger charge is 2.21. The predicted octanol–water partition coefficient (Wildman–Crippen LogP) is 3.14. The Morgan fingerprint density at radius 2 is 2.09 bits per heavy atom. The molecule has 1 amide bonds. The van der Waals surface area contributed by atoms with E-state index in [1.807, 2.05) is 25.7 Å². The van der Waals surface area contributed by atoms with Crippen LogP contribution in [0.15, 0.2) is 0 Å². The number of carbonyl (C=O) groups excluding carboxylic acids is 1. The molecule has 0 aromatic heterocycles. The zero-order valence-corrected chi connectivity index (χ0v) is 15.8. The summed E-state index contributed by atoms with van der Waals surface area (Å²) in [4.78, 5) is 14.0. The maximum atomic E-state index is 12.2. The van der Waals surface area contributed by atoms with Gasteiger partial charge in [0.05, 0.1) is 0 Å². The number of carbonyl (C=O) groups is 1. The summed E-state index contributed by atoms with van der Waals surface area (Å²) in [7, 11) is 0. The van der Waals surface area contributed by atoms with Gasteiger partial charge < -0.3 is 20.3 Å². The molecular formula is C18H37N3O2. The lowest BCUT2D eigenvalue weighted by Gasteiger charge is -2.29. The number of nitrogens with zero attached hydrogens (tertiary/aromatic N) is 1. The van der Waals surface area contributed by atoms with E-state index in [1.165, 1.54) is 19.3 Å². The van der Waals surface area contributed by atoms with Crippen molar-refractivity contribution in [3.05, 3.63) is 0 Å². The van der Waals surface area contributed by atoms with Gasteiger partial charge in [-0.2, -0.15) is 0 Å². The average Bonchev–Trinajstić information content (AvgIpc) is 2.45. The van der Waals surface area contributed by atoms with Gasteiger partial charge in [0, 0.05) is 31.7 Å². The third kappa shape index (κ3) is 9.16. The van der Waals surface area contributed by atoms with E-state index in [1.54, 1.807) is 0 Å². The van der Waals surface area contributed by atoms with Crippen LogP contribution in [-0.4, -0.2) is 54.9 Å². The number of amides is 1. The Morgan fingerprint density at radius 3 is 2.65 bits per heavy atom. The van der Waals surface area contributed by atoms with Crippen LogP contribution in [-0.2, 0) is 4.74 Å². The maximum absolute atomic E-state index is 12.2. The van der Waals surface area contributed by atoms with Crippen molar-refractivity contribution in [1.82, 2.24) is 15.5 Å². The summed E-state index contributed by atoms with van der Waals surface area (Å²) in [5.74, 6) is 0. The Morgan fingerprint density at radius 1 is 1.35 bits per heavy atom. The average molecular weight is 328 g/mol. The second-order valence-corrected chi connectivity index (χ2v) is 7.71. The molecule has 0 radical (unpaired) electrons. The molecule has 1 heterocycles. The number of hydrogen-bond acceptors (Lipinski definition) is 4.